The Morgan fingerprint density at radius 1 is 1.44 bits per heavy atom. The van der Waals surface area contributed by atoms with E-state index in [9.17, 15) is 15.0 Å². The SMILES string of the molecule is O=[13c]1nc(NO)cc[15n]1[C@@H]1O[C@H](CO)[C@@H](O)[C@H]1O. The fourth-order valence-corrected chi connectivity index (χ4v) is 1.78. The second-order valence-electron chi connectivity index (χ2n) is 3.84. The van der Waals surface area contributed by atoms with Crippen molar-refractivity contribution in [3.05, 3.63) is 22.7 Å². The molecule has 4 atom stereocenters. The van der Waals surface area contributed by atoms with Gasteiger partial charge in [-0.15, -0.1) is 0 Å². The number of aliphatic hydroxyl groups excluding tert-OH is 3. The Morgan fingerprint density at radius 3 is 2.67 bits per heavy atom. The van der Waals surface area contributed by atoms with Crippen LogP contribution in [0.5, 0.6) is 0 Å². The number of hydrogen-bond acceptors (Lipinski definition) is 8. The number of aliphatic hydroxyl groups is 3. The van der Waals surface area contributed by atoms with Crippen LogP contribution in [-0.4, -0.2) is 55.0 Å². The van der Waals surface area contributed by atoms with E-state index in [-0.39, 0.29) is 5.82 Å². The number of ether oxygens (including phenoxy) is 1. The maximum atomic E-state index is 11.6. The van der Waals surface area contributed by atoms with Crippen LogP contribution in [0.25, 0.3) is 0 Å². The Morgan fingerprint density at radius 2 is 2.17 bits per heavy atom. The summed E-state index contributed by atoms with van der Waals surface area (Å²) in [5.41, 5.74) is 0.934. The van der Waals surface area contributed by atoms with Gasteiger partial charge in [-0.05, 0) is 6.07 Å². The molecule has 0 spiro atoms. The molecule has 2 heterocycles. The molecule has 1 aromatic heterocycles. The van der Waals surface area contributed by atoms with Gasteiger partial charge in [-0.2, -0.15) is 4.98 Å². The summed E-state index contributed by atoms with van der Waals surface area (Å²) in [5.74, 6) is -0.0528. The van der Waals surface area contributed by atoms with Crippen molar-refractivity contribution in [3.63, 3.8) is 0 Å². The first-order valence-corrected chi connectivity index (χ1v) is 5.20. The van der Waals surface area contributed by atoms with Gasteiger partial charge in [0.2, 0.25) is 0 Å². The van der Waals surface area contributed by atoms with Crippen LogP contribution in [0.4, 0.5) is 5.82 Å². The van der Waals surface area contributed by atoms with E-state index in [0.29, 0.717) is 0 Å². The highest BCUT2D eigenvalue weighted by molar-refractivity contribution is 5.28. The molecule has 0 unspecified atom stereocenters. The number of nitrogens with zero attached hydrogens (tertiary/aromatic N) is 2. The van der Waals surface area contributed by atoms with E-state index < -0.39 is 36.8 Å². The number of aromatic nitrogens is 2. The zero-order valence-corrected chi connectivity index (χ0v) is 9.17. The van der Waals surface area contributed by atoms with E-state index in [1.807, 2.05) is 0 Å². The smallest absolute Gasteiger partial charge is 0.351 e. The number of rotatable bonds is 3. The average molecular weight is 261 g/mol. The summed E-state index contributed by atoms with van der Waals surface area (Å²) >= 11 is 0. The van der Waals surface area contributed by atoms with Gasteiger partial charge in [0.25, 0.3) is 0 Å². The van der Waals surface area contributed by atoms with Crippen LogP contribution in [-0.2, 0) is 4.74 Å². The molecule has 0 saturated carbocycles. The minimum atomic E-state index is -1.35. The molecule has 1 aliphatic heterocycles. The maximum absolute atomic E-state index is 11.6. The molecule has 1 saturated heterocycles. The highest BCUT2D eigenvalue weighted by atomic mass is 16.6. The molecule has 100 valence electrons. The minimum Gasteiger partial charge on any atom is -0.394 e. The number of hydrogen-bond donors (Lipinski definition) is 5. The molecule has 1 aliphatic rings. The van der Waals surface area contributed by atoms with E-state index in [2.05, 4.69) is 4.98 Å². The lowest BCUT2D eigenvalue weighted by Gasteiger charge is -2.16. The lowest BCUT2D eigenvalue weighted by Crippen LogP contribution is -2.36. The topological polar surface area (TPSA) is 137 Å². The van der Waals surface area contributed by atoms with Gasteiger partial charge < -0.3 is 20.1 Å². The fraction of sp³-hybridized carbons (Fsp3) is 0.556. The van der Waals surface area contributed by atoms with E-state index >= 15 is 0 Å². The van der Waals surface area contributed by atoms with E-state index in [1.165, 1.54) is 12.3 Å². The lowest BCUT2D eigenvalue weighted by atomic mass is 10.1. The second-order valence-corrected chi connectivity index (χ2v) is 3.84. The van der Waals surface area contributed by atoms with E-state index in [0.717, 1.165) is 4.57 Å². The second kappa shape index (κ2) is 5.00. The van der Waals surface area contributed by atoms with Crippen molar-refractivity contribution in [1.29, 1.82) is 0 Å². The summed E-state index contributed by atoms with van der Waals surface area (Å²) in [5, 5.41) is 36.8. The molecule has 9 heteroatoms. The summed E-state index contributed by atoms with van der Waals surface area (Å²) in [6, 6.07) is 1.29. The van der Waals surface area contributed by atoms with Gasteiger partial charge in [0.15, 0.2) is 12.0 Å². The zero-order valence-electron chi connectivity index (χ0n) is 9.17. The Kier molecular flexibility index (Phi) is 3.59. The molecule has 18 heavy (non-hydrogen) atoms. The van der Waals surface area contributed by atoms with Gasteiger partial charge in [-0.3, -0.25) is 15.3 Å². The van der Waals surface area contributed by atoms with Crippen molar-refractivity contribution in [1.82, 2.24) is 9.55 Å². The highest BCUT2D eigenvalue weighted by Crippen LogP contribution is 2.27. The molecule has 9 nitrogen and oxygen atoms in total. The predicted octanol–water partition coefficient (Wildman–Crippen LogP) is -2.34. The third kappa shape index (κ3) is 2.09. The first kappa shape index (κ1) is 12.9. The molecule has 0 aromatic carbocycles. The monoisotopic (exact) mass is 261 g/mol. The Bertz CT molecular complexity index is 478. The lowest BCUT2D eigenvalue weighted by molar-refractivity contribution is -0.0549. The fourth-order valence-electron chi connectivity index (χ4n) is 1.78. The van der Waals surface area contributed by atoms with Crippen molar-refractivity contribution in [2.24, 2.45) is 0 Å². The molecule has 1 fully saturated rings. The van der Waals surface area contributed by atoms with Gasteiger partial charge in [-0.1, -0.05) is 0 Å². The minimum absolute atomic E-state index is 0.0528. The van der Waals surface area contributed by atoms with Crippen molar-refractivity contribution >= 4 is 5.82 Å². The highest BCUT2D eigenvalue weighted by Gasteiger charge is 2.43. The van der Waals surface area contributed by atoms with Gasteiger partial charge >= 0.3 is 5.69 Å². The summed E-state index contributed by atoms with van der Waals surface area (Å²) in [7, 11) is 0. The standard InChI is InChI=1S/C9H13N3O6/c13-3-4-6(14)7(15)8(18-4)12-2-1-5(11-17)10-9(12)16/h1-2,4,6-8,13-15,17H,3H2,(H,10,11,16)/t4-,6-,7-,8-/m1/s1/i9+1,12+1. The molecule has 1 aromatic rings. The zero-order chi connectivity index (χ0) is 13.3. The first-order valence-electron chi connectivity index (χ1n) is 5.20. The molecular weight excluding hydrogens is 248 g/mol. The van der Waals surface area contributed by atoms with Gasteiger partial charge in [0, 0.05) is 6.20 Å². The van der Waals surface area contributed by atoms with Crippen LogP contribution in [0.1, 0.15) is 6.23 Å². The molecule has 0 aliphatic carbocycles. The first-order chi connectivity index (χ1) is 8.58. The molecule has 0 amide bonds. The van der Waals surface area contributed by atoms with Crippen LogP contribution in [0, 0.1) is 0 Å². The van der Waals surface area contributed by atoms with Crippen molar-refractivity contribution in [2.75, 3.05) is 12.1 Å². The molecule has 5 N–H and O–H groups in total. The van der Waals surface area contributed by atoms with E-state index in [4.69, 9.17) is 15.1 Å². The van der Waals surface area contributed by atoms with Crippen molar-refractivity contribution in [2.45, 2.75) is 24.5 Å². The summed E-state index contributed by atoms with van der Waals surface area (Å²) in [6.07, 6.45) is -3.50. The van der Waals surface area contributed by atoms with Crippen LogP contribution in [0.15, 0.2) is 17.1 Å². The normalized spacial score (nSPS) is 31.6. The number of nitrogens with one attached hydrogen (secondary N) is 1. The predicted molar refractivity (Wildman–Crippen MR) is 56.9 cm³/mol. The Balaban J connectivity index is 2.30. The van der Waals surface area contributed by atoms with E-state index in [1.54, 1.807) is 5.48 Å². The number of anilines is 1. The summed E-state index contributed by atoms with van der Waals surface area (Å²) < 4.78 is 6.13. The summed E-state index contributed by atoms with van der Waals surface area (Å²) in [6.45, 7) is -0.479. The summed E-state index contributed by atoms with van der Waals surface area (Å²) in [4.78, 5) is 15.1. The molecule has 0 bridgehead atoms. The van der Waals surface area contributed by atoms with Gasteiger partial charge in [0.05, 0.1) is 6.61 Å². The van der Waals surface area contributed by atoms with Crippen LogP contribution < -0.4 is 11.2 Å². The maximum Gasteiger partial charge on any atom is 0.351 e. The largest absolute Gasteiger partial charge is 0.394 e. The molecular formula is C9H13N3O6. The van der Waals surface area contributed by atoms with Crippen molar-refractivity contribution in [3.8, 4) is 0 Å². The Hall–Kier alpha value is -1.52. The third-order valence-corrected chi connectivity index (χ3v) is 2.74. The Labute approximate surface area is 101 Å². The van der Waals surface area contributed by atoms with Gasteiger partial charge in [0.1, 0.15) is 18.3 Å². The van der Waals surface area contributed by atoms with Crippen LogP contribution in [0.2, 0.25) is 0 Å². The molecule has 2 rings (SSSR count). The van der Waals surface area contributed by atoms with Gasteiger partial charge in [-0.25, -0.2) is 4.79 Å². The van der Waals surface area contributed by atoms with Crippen LogP contribution >= 0.6 is 0 Å². The van der Waals surface area contributed by atoms with Crippen LogP contribution in [0.3, 0.4) is 0 Å². The third-order valence-electron chi connectivity index (χ3n) is 2.74. The average Bonchev–Trinajstić information content (AvgIpc) is 2.66. The van der Waals surface area contributed by atoms with Crippen molar-refractivity contribution < 1.29 is 25.3 Å². The molecule has 0 radical (unpaired) electrons. The quantitative estimate of drug-likeness (QED) is 0.381.